The molecule has 0 rings (SSSR count). The third-order valence-electron chi connectivity index (χ3n) is 10.6. The summed E-state index contributed by atoms with van der Waals surface area (Å²) in [5.41, 5.74) is 0. The van der Waals surface area contributed by atoms with Crippen molar-refractivity contribution >= 4 is 11.9 Å². The number of ether oxygens (including phenoxy) is 1. The van der Waals surface area contributed by atoms with Gasteiger partial charge < -0.3 is 20.3 Å². The van der Waals surface area contributed by atoms with Crippen molar-refractivity contribution in [1.82, 2.24) is 5.32 Å². The van der Waals surface area contributed by atoms with Crippen molar-refractivity contribution in [3.63, 3.8) is 0 Å². The van der Waals surface area contributed by atoms with Crippen LogP contribution >= 0.6 is 0 Å². The molecule has 0 aromatic carbocycles. The highest BCUT2D eigenvalue weighted by Crippen LogP contribution is 2.17. The van der Waals surface area contributed by atoms with Crippen LogP contribution in [-0.2, 0) is 14.3 Å². The molecule has 338 valence electrons. The van der Waals surface area contributed by atoms with Gasteiger partial charge in [-0.3, -0.25) is 9.59 Å². The number of rotatable bonds is 42. The molecule has 0 aliphatic heterocycles. The Morgan fingerprint density at radius 3 is 1.47 bits per heavy atom. The lowest BCUT2D eigenvalue weighted by atomic mass is 10.0. The van der Waals surface area contributed by atoms with Crippen LogP contribution < -0.4 is 5.32 Å². The molecule has 0 radical (unpaired) electrons. The van der Waals surface area contributed by atoms with Crippen molar-refractivity contribution < 1.29 is 24.5 Å². The molecule has 6 nitrogen and oxygen atoms in total. The van der Waals surface area contributed by atoms with E-state index in [0.29, 0.717) is 19.3 Å². The summed E-state index contributed by atoms with van der Waals surface area (Å²) in [4.78, 5) is 26.0. The molecular formula is C53H91NO5. The summed E-state index contributed by atoms with van der Waals surface area (Å²) in [6.45, 7) is 6.28. The molecule has 0 spiro atoms. The number of hydrogen-bond acceptors (Lipinski definition) is 5. The van der Waals surface area contributed by atoms with Gasteiger partial charge in [-0.1, -0.05) is 215 Å². The van der Waals surface area contributed by atoms with E-state index in [1.165, 1.54) is 83.5 Å². The lowest BCUT2D eigenvalue weighted by Crippen LogP contribution is -2.46. The quantitative estimate of drug-likeness (QED) is 0.0247. The summed E-state index contributed by atoms with van der Waals surface area (Å²) in [5, 5.41) is 23.7. The lowest BCUT2D eigenvalue weighted by molar-refractivity contribution is -0.151. The molecule has 3 N–H and O–H groups in total. The Hall–Kier alpha value is -2.96. The van der Waals surface area contributed by atoms with Gasteiger partial charge in [-0.25, -0.2) is 0 Å². The first-order valence-electron chi connectivity index (χ1n) is 24.4. The number of unbranched alkanes of at least 4 members (excludes halogenated alkanes) is 21. The van der Waals surface area contributed by atoms with Crippen molar-refractivity contribution in [2.45, 2.75) is 232 Å². The van der Waals surface area contributed by atoms with Gasteiger partial charge in [0.1, 0.15) is 6.10 Å². The van der Waals surface area contributed by atoms with E-state index in [1.54, 1.807) is 0 Å². The summed E-state index contributed by atoms with van der Waals surface area (Å²) in [6.07, 6.45) is 59.2. The normalized spacial score (nSPS) is 14.1. The van der Waals surface area contributed by atoms with E-state index in [-0.39, 0.29) is 24.9 Å². The number of esters is 1. The number of aliphatic hydroxyl groups is 2. The van der Waals surface area contributed by atoms with Gasteiger partial charge in [0.05, 0.1) is 25.2 Å². The topological polar surface area (TPSA) is 95.9 Å². The maximum atomic E-state index is 13.1. The predicted octanol–water partition coefficient (Wildman–Crippen LogP) is 14.4. The molecular weight excluding hydrogens is 731 g/mol. The fraction of sp³-hybridized carbons (Fsp3) is 0.698. The summed E-state index contributed by atoms with van der Waals surface area (Å²) >= 11 is 0. The van der Waals surface area contributed by atoms with Gasteiger partial charge in [0.15, 0.2) is 0 Å². The zero-order chi connectivity index (χ0) is 43.1. The van der Waals surface area contributed by atoms with Gasteiger partial charge in [-0.05, 0) is 70.6 Å². The average molecular weight is 822 g/mol. The molecule has 0 aromatic heterocycles. The maximum absolute atomic E-state index is 13.1. The van der Waals surface area contributed by atoms with Gasteiger partial charge >= 0.3 is 5.97 Å². The monoisotopic (exact) mass is 822 g/mol. The Morgan fingerprint density at radius 2 is 0.932 bits per heavy atom. The molecule has 0 saturated heterocycles. The van der Waals surface area contributed by atoms with E-state index >= 15 is 0 Å². The molecule has 3 atom stereocenters. The molecule has 59 heavy (non-hydrogen) atoms. The second-order valence-electron chi connectivity index (χ2n) is 16.3. The molecule has 0 saturated carbocycles. The van der Waals surface area contributed by atoms with Crippen LogP contribution in [0.4, 0.5) is 0 Å². The molecule has 0 bridgehead atoms. The first kappa shape index (κ1) is 56.0. The molecule has 3 unspecified atom stereocenters. The third kappa shape index (κ3) is 41.6. The van der Waals surface area contributed by atoms with E-state index in [2.05, 4.69) is 56.5 Å². The smallest absolute Gasteiger partial charge is 0.306 e. The number of amides is 1. The molecule has 0 aliphatic rings. The molecule has 6 heteroatoms. The molecule has 0 heterocycles. The standard InChI is InChI=1S/C53H91NO5/c1-4-7-10-13-16-19-22-24-25-26-27-29-31-34-37-40-43-46-53(58)59-49(44-41-38-35-32-21-18-15-12-9-6-3)47-52(57)54-50(48-55)51(56)45-42-39-36-33-30-28-23-20-17-14-11-8-5-2/h7,10,13,16,18-19,21-22,24-27,29,31,49-51,55-56H,4-6,8-9,11-12,14-15,17,20,23,28,30,32-48H2,1-3H3,(H,54,57)/b10-7-,16-13+,21-18-,22-19+,25-24-,27-26+,31-29+. The number of carbonyl (C=O) groups is 2. The van der Waals surface area contributed by atoms with Crippen molar-refractivity contribution in [2.24, 2.45) is 0 Å². The largest absolute Gasteiger partial charge is 0.462 e. The Kier molecular flexibility index (Phi) is 43.8. The number of nitrogens with one attached hydrogen (secondary N) is 1. The van der Waals surface area contributed by atoms with E-state index in [9.17, 15) is 19.8 Å². The van der Waals surface area contributed by atoms with Gasteiger partial charge in [0.2, 0.25) is 5.91 Å². The molecule has 0 aliphatic carbocycles. The van der Waals surface area contributed by atoms with E-state index in [1.807, 2.05) is 54.7 Å². The van der Waals surface area contributed by atoms with E-state index in [4.69, 9.17) is 4.74 Å². The minimum Gasteiger partial charge on any atom is -0.462 e. The number of allylic oxidation sites excluding steroid dienone is 14. The predicted molar refractivity (Wildman–Crippen MR) is 254 cm³/mol. The zero-order valence-corrected chi connectivity index (χ0v) is 38.4. The van der Waals surface area contributed by atoms with Crippen molar-refractivity contribution in [3.8, 4) is 0 Å². The number of carbonyl (C=O) groups excluding carboxylic acids is 2. The Labute approximate surface area is 363 Å². The third-order valence-corrected chi connectivity index (χ3v) is 10.6. The second-order valence-corrected chi connectivity index (χ2v) is 16.3. The van der Waals surface area contributed by atoms with Crippen molar-refractivity contribution in [2.75, 3.05) is 6.61 Å². The summed E-state index contributed by atoms with van der Waals surface area (Å²) in [6, 6.07) is -0.718. The van der Waals surface area contributed by atoms with Gasteiger partial charge in [-0.2, -0.15) is 0 Å². The SMILES string of the molecule is CC\C=C/C=C/C=C/C=C\C=C\C=C\CCCCCC(=O)OC(CCCCC/C=C\CCCCC)CC(=O)NC(CO)C(O)CCCCCCCCCCCCCCC. The van der Waals surface area contributed by atoms with Gasteiger partial charge in [0, 0.05) is 6.42 Å². The van der Waals surface area contributed by atoms with Crippen LogP contribution in [0.15, 0.2) is 85.1 Å². The average Bonchev–Trinajstić information content (AvgIpc) is 3.23. The van der Waals surface area contributed by atoms with Gasteiger partial charge in [0.25, 0.3) is 0 Å². The molecule has 0 fully saturated rings. The fourth-order valence-corrected chi connectivity index (χ4v) is 6.93. The molecule has 0 aromatic rings. The lowest BCUT2D eigenvalue weighted by Gasteiger charge is -2.24. The summed E-state index contributed by atoms with van der Waals surface area (Å²) < 4.78 is 5.88. The minimum absolute atomic E-state index is 0.0442. The minimum atomic E-state index is -0.802. The van der Waals surface area contributed by atoms with Gasteiger partial charge in [-0.15, -0.1) is 0 Å². The summed E-state index contributed by atoms with van der Waals surface area (Å²) in [5.74, 6) is -0.548. The zero-order valence-electron chi connectivity index (χ0n) is 38.4. The summed E-state index contributed by atoms with van der Waals surface area (Å²) in [7, 11) is 0. The number of hydrogen-bond donors (Lipinski definition) is 3. The highest BCUT2D eigenvalue weighted by Gasteiger charge is 2.24. The highest BCUT2D eigenvalue weighted by molar-refractivity contribution is 5.77. The van der Waals surface area contributed by atoms with Crippen LogP contribution in [-0.4, -0.2) is 46.9 Å². The van der Waals surface area contributed by atoms with Crippen LogP contribution in [0.3, 0.4) is 0 Å². The van der Waals surface area contributed by atoms with E-state index in [0.717, 1.165) is 83.5 Å². The first-order chi connectivity index (χ1) is 29.0. The Balaban J connectivity index is 4.65. The second kappa shape index (κ2) is 46.1. The fourth-order valence-electron chi connectivity index (χ4n) is 6.93. The van der Waals surface area contributed by atoms with Crippen molar-refractivity contribution in [3.05, 3.63) is 85.1 Å². The Morgan fingerprint density at radius 1 is 0.508 bits per heavy atom. The van der Waals surface area contributed by atoms with E-state index < -0.39 is 18.2 Å². The van der Waals surface area contributed by atoms with Crippen molar-refractivity contribution in [1.29, 1.82) is 0 Å². The van der Waals surface area contributed by atoms with Crippen LogP contribution in [0.5, 0.6) is 0 Å². The Bertz CT molecular complexity index is 1150. The highest BCUT2D eigenvalue weighted by atomic mass is 16.5. The van der Waals surface area contributed by atoms with Crippen LogP contribution in [0, 0.1) is 0 Å². The maximum Gasteiger partial charge on any atom is 0.306 e. The first-order valence-corrected chi connectivity index (χ1v) is 24.4. The van der Waals surface area contributed by atoms with Crippen LogP contribution in [0.2, 0.25) is 0 Å². The van der Waals surface area contributed by atoms with Crippen LogP contribution in [0.25, 0.3) is 0 Å². The number of aliphatic hydroxyl groups excluding tert-OH is 2. The van der Waals surface area contributed by atoms with Crippen LogP contribution in [0.1, 0.15) is 213 Å². The molecule has 1 amide bonds.